The maximum Gasteiger partial charge on any atom is 0.325 e. The SMILES string of the molecule is CCCCCCCC/C=C\CCCCCCCC(=O)N(C)CC(=O)OCCN1CCN=C1CC=CCCCCCCCCCCCCCC. The number of carbonyl (C=O) groups is 2. The van der Waals surface area contributed by atoms with E-state index in [2.05, 4.69) is 48.0 Å². The van der Waals surface area contributed by atoms with Crippen LogP contribution in [0.5, 0.6) is 0 Å². The summed E-state index contributed by atoms with van der Waals surface area (Å²) in [5.41, 5.74) is 0. The maximum atomic E-state index is 12.5. The second-order valence-electron chi connectivity index (χ2n) is 14.4. The van der Waals surface area contributed by atoms with Gasteiger partial charge in [-0.15, -0.1) is 0 Å². The molecule has 1 rings (SSSR count). The van der Waals surface area contributed by atoms with Crippen molar-refractivity contribution < 1.29 is 14.3 Å². The van der Waals surface area contributed by atoms with Crippen molar-refractivity contribution in [3.05, 3.63) is 24.3 Å². The fourth-order valence-electron chi connectivity index (χ4n) is 6.51. The zero-order chi connectivity index (χ0) is 35.5. The molecule has 0 unspecified atom stereocenters. The van der Waals surface area contributed by atoms with Gasteiger partial charge in [-0.05, 0) is 44.9 Å². The number of amides is 1. The Labute approximate surface area is 304 Å². The third-order valence-electron chi connectivity index (χ3n) is 9.79. The highest BCUT2D eigenvalue weighted by atomic mass is 16.5. The predicted octanol–water partition coefficient (Wildman–Crippen LogP) is 11.8. The summed E-state index contributed by atoms with van der Waals surface area (Å²) in [4.78, 5) is 33.3. The molecule has 0 saturated carbocycles. The smallest absolute Gasteiger partial charge is 0.325 e. The Balaban J connectivity index is 1.98. The van der Waals surface area contributed by atoms with Crippen molar-refractivity contribution in [1.29, 1.82) is 0 Å². The molecule has 0 fully saturated rings. The van der Waals surface area contributed by atoms with Crippen molar-refractivity contribution >= 4 is 17.7 Å². The fourth-order valence-corrected chi connectivity index (χ4v) is 6.51. The number of rotatable bonds is 35. The molecule has 0 aromatic carbocycles. The van der Waals surface area contributed by atoms with Crippen LogP contribution >= 0.6 is 0 Å². The van der Waals surface area contributed by atoms with E-state index in [9.17, 15) is 9.59 Å². The van der Waals surface area contributed by atoms with Gasteiger partial charge in [0.15, 0.2) is 0 Å². The van der Waals surface area contributed by atoms with Crippen LogP contribution in [-0.4, -0.2) is 67.3 Å². The Morgan fingerprint density at radius 2 is 1.10 bits per heavy atom. The van der Waals surface area contributed by atoms with Crippen LogP contribution < -0.4 is 0 Å². The van der Waals surface area contributed by atoms with Gasteiger partial charge in [-0.1, -0.05) is 160 Å². The summed E-state index contributed by atoms with van der Waals surface area (Å²) in [6, 6.07) is 0. The number of allylic oxidation sites excluding steroid dienone is 3. The molecule has 1 aliphatic rings. The molecule has 0 N–H and O–H groups in total. The summed E-state index contributed by atoms with van der Waals surface area (Å²) < 4.78 is 5.48. The van der Waals surface area contributed by atoms with E-state index in [1.807, 2.05) is 0 Å². The number of unbranched alkanes of at least 4 members (excludes halogenated alkanes) is 23. The zero-order valence-corrected chi connectivity index (χ0v) is 32.7. The Morgan fingerprint density at radius 3 is 1.61 bits per heavy atom. The summed E-state index contributed by atoms with van der Waals surface area (Å²) in [6.45, 7) is 7.25. The van der Waals surface area contributed by atoms with E-state index in [4.69, 9.17) is 4.74 Å². The topological polar surface area (TPSA) is 62.2 Å². The minimum absolute atomic E-state index is 0.0206. The molecule has 49 heavy (non-hydrogen) atoms. The van der Waals surface area contributed by atoms with Crippen molar-refractivity contribution in [1.82, 2.24) is 9.80 Å². The monoisotopic (exact) mass is 686 g/mol. The van der Waals surface area contributed by atoms with Gasteiger partial charge in [0.05, 0.1) is 13.1 Å². The number of esters is 1. The minimum Gasteiger partial charge on any atom is -0.462 e. The van der Waals surface area contributed by atoms with Gasteiger partial charge < -0.3 is 14.5 Å². The fraction of sp³-hybridized carbons (Fsp3) is 0.837. The molecular weight excluding hydrogens is 606 g/mol. The van der Waals surface area contributed by atoms with Gasteiger partial charge >= 0.3 is 5.97 Å². The average molecular weight is 686 g/mol. The normalized spacial score (nSPS) is 13.2. The highest BCUT2D eigenvalue weighted by Gasteiger charge is 2.17. The first-order chi connectivity index (χ1) is 24.1. The molecule has 1 heterocycles. The molecule has 0 radical (unpaired) electrons. The van der Waals surface area contributed by atoms with Crippen molar-refractivity contribution in [2.45, 2.75) is 194 Å². The second-order valence-corrected chi connectivity index (χ2v) is 14.4. The Morgan fingerprint density at radius 1 is 0.653 bits per heavy atom. The van der Waals surface area contributed by atoms with Crippen LogP contribution in [0.2, 0.25) is 0 Å². The van der Waals surface area contributed by atoms with Crippen molar-refractivity contribution in [2.24, 2.45) is 4.99 Å². The van der Waals surface area contributed by atoms with E-state index >= 15 is 0 Å². The lowest BCUT2D eigenvalue weighted by molar-refractivity contribution is -0.148. The van der Waals surface area contributed by atoms with Crippen LogP contribution in [0.15, 0.2) is 29.3 Å². The second kappa shape index (κ2) is 34.3. The number of aliphatic imine (C=N–C) groups is 1. The molecule has 0 bridgehead atoms. The standard InChI is InChI=1S/C43H79N3O3/c1-4-6-8-10-12-14-16-18-20-22-24-26-28-30-32-34-41-44-36-37-46(41)38-39-49-43(48)40-45(3)42(47)35-33-31-29-27-25-23-21-19-17-15-13-11-9-7-5-2/h19,21,30,32H,4-18,20,22-29,31,33-40H2,1-3H3/b21-19-,32-30?. The lowest BCUT2D eigenvalue weighted by Crippen LogP contribution is -2.35. The molecule has 6 nitrogen and oxygen atoms in total. The minimum atomic E-state index is -0.333. The summed E-state index contributed by atoms with van der Waals surface area (Å²) in [5, 5.41) is 0. The molecule has 0 aliphatic carbocycles. The summed E-state index contributed by atoms with van der Waals surface area (Å²) in [5.74, 6) is 0.786. The molecule has 0 aromatic heterocycles. The highest BCUT2D eigenvalue weighted by Crippen LogP contribution is 2.14. The van der Waals surface area contributed by atoms with Crippen molar-refractivity contribution in [3.8, 4) is 0 Å². The molecular formula is C43H79N3O3. The first kappa shape index (κ1) is 44.9. The largest absolute Gasteiger partial charge is 0.462 e. The van der Waals surface area contributed by atoms with Gasteiger partial charge in [0.2, 0.25) is 5.91 Å². The van der Waals surface area contributed by atoms with Crippen LogP contribution in [0.1, 0.15) is 194 Å². The molecule has 1 amide bonds. The number of likely N-dealkylation sites (N-methyl/N-ethyl adjacent to an activating group) is 1. The van der Waals surface area contributed by atoms with Gasteiger partial charge in [-0.25, -0.2) is 0 Å². The molecule has 6 heteroatoms. The predicted molar refractivity (Wildman–Crippen MR) is 211 cm³/mol. The number of carbonyl (C=O) groups excluding carboxylic acids is 2. The van der Waals surface area contributed by atoms with Crippen LogP contribution in [-0.2, 0) is 14.3 Å². The maximum absolute atomic E-state index is 12.5. The Bertz CT molecular complexity index is 868. The molecule has 0 spiro atoms. The first-order valence-electron chi connectivity index (χ1n) is 21.1. The number of nitrogens with zero attached hydrogens (tertiary/aromatic N) is 3. The number of hydrogen-bond donors (Lipinski definition) is 0. The molecule has 284 valence electrons. The summed E-state index contributed by atoms with van der Waals surface area (Å²) >= 11 is 0. The van der Waals surface area contributed by atoms with Gasteiger partial charge in [0.25, 0.3) is 0 Å². The first-order valence-corrected chi connectivity index (χ1v) is 21.1. The van der Waals surface area contributed by atoms with E-state index in [0.717, 1.165) is 44.6 Å². The number of amidine groups is 1. The van der Waals surface area contributed by atoms with Gasteiger partial charge in [0, 0.05) is 26.4 Å². The summed E-state index contributed by atoms with van der Waals surface area (Å²) in [6.07, 6.45) is 44.5. The molecule has 1 aliphatic heterocycles. The van der Waals surface area contributed by atoms with Gasteiger partial charge in [-0.3, -0.25) is 14.6 Å². The number of ether oxygens (including phenoxy) is 1. The lowest BCUT2D eigenvalue weighted by Gasteiger charge is -2.20. The number of hydrogen-bond acceptors (Lipinski definition) is 5. The molecule has 0 aromatic rings. The van der Waals surface area contributed by atoms with E-state index in [-0.39, 0.29) is 18.4 Å². The van der Waals surface area contributed by atoms with E-state index < -0.39 is 0 Å². The Hall–Kier alpha value is -2.11. The van der Waals surface area contributed by atoms with E-state index in [0.29, 0.717) is 19.6 Å². The van der Waals surface area contributed by atoms with Crippen LogP contribution in [0.3, 0.4) is 0 Å². The quantitative estimate of drug-likeness (QED) is 0.0378. The lowest BCUT2D eigenvalue weighted by atomic mass is 10.0. The highest BCUT2D eigenvalue weighted by molar-refractivity contribution is 5.85. The zero-order valence-electron chi connectivity index (χ0n) is 32.7. The third-order valence-corrected chi connectivity index (χ3v) is 9.79. The Kier molecular flexibility index (Phi) is 31.5. The molecule has 0 saturated heterocycles. The van der Waals surface area contributed by atoms with Crippen LogP contribution in [0.25, 0.3) is 0 Å². The van der Waals surface area contributed by atoms with Gasteiger partial charge in [0.1, 0.15) is 19.0 Å². The average Bonchev–Trinajstić information content (AvgIpc) is 3.55. The van der Waals surface area contributed by atoms with E-state index in [1.165, 1.54) is 153 Å². The van der Waals surface area contributed by atoms with E-state index in [1.54, 1.807) is 7.05 Å². The van der Waals surface area contributed by atoms with Crippen LogP contribution in [0, 0.1) is 0 Å². The van der Waals surface area contributed by atoms with Gasteiger partial charge in [-0.2, -0.15) is 0 Å². The molecule has 0 atom stereocenters. The summed E-state index contributed by atoms with van der Waals surface area (Å²) in [7, 11) is 1.70. The van der Waals surface area contributed by atoms with Crippen LogP contribution in [0.4, 0.5) is 0 Å². The third kappa shape index (κ3) is 28.3. The van der Waals surface area contributed by atoms with Crippen molar-refractivity contribution in [3.63, 3.8) is 0 Å². The van der Waals surface area contributed by atoms with Crippen molar-refractivity contribution in [2.75, 3.05) is 39.8 Å².